The van der Waals surface area contributed by atoms with Gasteiger partial charge in [0, 0.05) is 6.42 Å². The molecule has 12 unspecified atom stereocenters. The van der Waals surface area contributed by atoms with Crippen molar-refractivity contribution in [3.8, 4) is 0 Å². The maximum atomic E-state index is 13.3. The predicted octanol–water partition coefficient (Wildman–Crippen LogP) is 11.7. The molecular weight excluding hydrogens is 1010 g/mol. The van der Waals surface area contributed by atoms with Crippen molar-refractivity contribution in [2.45, 2.75) is 306 Å². The molecule has 0 aromatic rings. The second-order valence-corrected chi connectivity index (χ2v) is 22.1. The summed E-state index contributed by atoms with van der Waals surface area (Å²) >= 11 is 0. The number of aliphatic hydroxyl groups excluding tert-OH is 8. The Hall–Kier alpha value is -2.83. The summed E-state index contributed by atoms with van der Waals surface area (Å²) in [6, 6.07) is -0.935. The number of ether oxygens (including phenoxy) is 4. The summed E-state index contributed by atoms with van der Waals surface area (Å²) in [6.45, 7) is 2.66. The number of hydrogen-bond acceptors (Lipinski definition) is 13. The van der Waals surface area contributed by atoms with Crippen LogP contribution in [0.25, 0.3) is 0 Å². The molecule has 9 N–H and O–H groups in total. The molecule has 0 aliphatic carbocycles. The first-order valence-corrected chi connectivity index (χ1v) is 31.8. The van der Waals surface area contributed by atoms with Gasteiger partial charge in [0.2, 0.25) is 5.91 Å². The van der Waals surface area contributed by atoms with E-state index in [1.165, 1.54) is 135 Å². The summed E-state index contributed by atoms with van der Waals surface area (Å²) in [6.07, 6.45) is 52.0. The number of aliphatic hydroxyl groups is 8. The fourth-order valence-electron chi connectivity index (χ4n) is 9.98. The van der Waals surface area contributed by atoms with Gasteiger partial charge < -0.3 is 65.1 Å². The minimum Gasteiger partial charge on any atom is -0.394 e. The molecule has 0 bridgehead atoms. The molecular formula is C66H115NO13. The molecule has 1 amide bonds. The van der Waals surface area contributed by atoms with E-state index >= 15 is 0 Å². The number of allylic oxidation sites excluding steroid dienone is 13. The highest BCUT2D eigenvalue weighted by Crippen LogP contribution is 2.30. The van der Waals surface area contributed by atoms with Gasteiger partial charge in [-0.25, -0.2) is 0 Å². The van der Waals surface area contributed by atoms with Gasteiger partial charge in [0.05, 0.1) is 32.0 Å². The van der Waals surface area contributed by atoms with Crippen molar-refractivity contribution in [2.24, 2.45) is 0 Å². The molecule has 80 heavy (non-hydrogen) atoms. The van der Waals surface area contributed by atoms with Crippen molar-refractivity contribution in [3.63, 3.8) is 0 Å². The molecule has 2 rings (SSSR count). The molecule has 0 saturated carbocycles. The van der Waals surface area contributed by atoms with Crippen LogP contribution in [0.15, 0.2) is 85.1 Å². The number of nitrogens with one attached hydrogen (secondary N) is 1. The summed E-state index contributed by atoms with van der Waals surface area (Å²) < 4.78 is 22.8. The zero-order chi connectivity index (χ0) is 58.1. The van der Waals surface area contributed by atoms with Crippen molar-refractivity contribution >= 4 is 5.91 Å². The topological polar surface area (TPSA) is 228 Å². The van der Waals surface area contributed by atoms with Crippen LogP contribution in [0.5, 0.6) is 0 Å². The standard InChI is InChI=1S/C66H115NO13/c1-3-5-7-9-11-13-15-17-19-20-21-22-23-24-25-26-27-28-29-30-31-32-33-34-36-38-40-42-44-46-48-50-58(71)67-54(55(70)49-47-45-43-41-39-37-35-18-16-14-12-10-8-6-4-2)53-77-65-63(76)61(74)64(57(52-69)79-65)80-66-62(75)60(73)59(72)56(51-68)78-66/h5,7,11,13,17,19,21-22,24-25,39,41,47,49,54-57,59-66,68-70,72-76H,3-4,6,8-10,12,14-16,18,20,23,26-38,40,42-46,48,50-53H2,1-2H3,(H,67,71)/b7-5-,13-11-,19-17-,22-21-,25-24-,41-39+,49-47+. The number of carbonyl (C=O) groups is 1. The zero-order valence-corrected chi connectivity index (χ0v) is 49.8. The smallest absolute Gasteiger partial charge is 0.220 e. The van der Waals surface area contributed by atoms with E-state index in [0.29, 0.717) is 12.8 Å². The van der Waals surface area contributed by atoms with Crippen LogP contribution >= 0.6 is 0 Å². The third-order valence-electron chi connectivity index (χ3n) is 15.1. The minimum atomic E-state index is -1.79. The molecule has 2 heterocycles. The van der Waals surface area contributed by atoms with E-state index in [4.69, 9.17) is 18.9 Å². The highest BCUT2D eigenvalue weighted by atomic mass is 16.7. The Morgan fingerprint density at radius 3 is 1.38 bits per heavy atom. The van der Waals surface area contributed by atoms with Crippen LogP contribution in [0.3, 0.4) is 0 Å². The predicted molar refractivity (Wildman–Crippen MR) is 323 cm³/mol. The zero-order valence-electron chi connectivity index (χ0n) is 49.8. The lowest BCUT2D eigenvalue weighted by atomic mass is 9.97. The Bertz CT molecular complexity index is 1660. The summed E-state index contributed by atoms with van der Waals surface area (Å²) in [5.74, 6) is -0.252. The maximum Gasteiger partial charge on any atom is 0.220 e. The van der Waals surface area contributed by atoms with Gasteiger partial charge in [-0.15, -0.1) is 0 Å². The van der Waals surface area contributed by atoms with Crippen molar-refractivity contribution < 1.29 is 64.6 Å². The highest BCUT2D eigenvalue weighted by molar-refractivity contribution is 5.76. The number of rotatable bonds is 50. The normalized spacial score (nSPS) is 24.8. The van der Waals surface area contributed by atoms with Crippen LogP contribution in [0, 0.1) is 0 Å². The van der Waals surface area contributed by atoms with E-state index in [2.05, 4.69) is 92.1 Å². The third kappa shape index (κ3) is 35.3. The van der Waals surface area contributed by atoms with Gasteiger partial charge in [-0.05, 0) is 77.0 Å². The van der Waals surface area contributed by atoms with Crippen molar-refractivity contribution in [1.82, 2.24) is 5.32 Å². The average molecular weight is 1130 g/mol. The summed E-state index contributed by atoms with van der Waals surface area (Å²) in [4.78, 5) is 13.3. The molecule has 0 aromatic carbocycles. The summed E-state index contributed by atoms with van der Waals surface area (Å²) in [5.41, 5.74) is 0. The van der Waals surface area contributed by atoms with Crippen LogP contribution in [0.1, 0.15) is 232 Å². The number of amides is 1. The van der Waals surface area contributed by atoms with Crippen LogP contribution in [0.2, 0.25) is 0 Å². The largest absolute Gasteiger partial charge is 0.394 e. The van der Waals surface area contributed by atoms with Gasteiger partial charge in [0.25, 0.3) is 0 Å². The average Bonchev–Trinajstić information content (AvgIpc) is 3.46. The van der Waals surface area contributed by atoms with E-state index in [-0.39, 0.29) is 18.9 Å². The Labute approximate surface area is 484 Å². The van der Waals surface area contributed by atoms with Gasteiger partial charge in [0.1, 0.15) is 48.8 Å². The molecule has 2 aliphatic rings. The van der Waals surface area contributed by atoms with E-state index in [1.54, 1.807) is 6.08 Å². The Kier molecular flexibility index (Phi) is 46.4. The maximum absolute atomic E-state index is 13.3. The Morgan fingerprint density at radius 1 is 0.463 bits per heavy atom. The molecule has 14 heteroatoms. The van der Waals surface area contributed by atoms with Crippen LogP contribution in [-0.4, -0.2) is 140 Å². The lowest BCUT2D eigenvalue weighted by Crippen LogP contribution is -2.65. The monoisotopic (exact) mass is 1130 g/mol. The minimum absolute atomic E-state index is 0.252. The lowest BCUT2D eigenvalue weighted by Gasteiger charge is -2.46. The Balaban J connectivity index is 1.68. The quantitative estimate of drug-likeness (QED) is 0.0204. The number of unbranched alkanes of at least 4 members (excludes halogenated alkanes) is 25. The van der Waals surface area contributed by atoms with Crippen molar-refractivity contribution in [2.75, 3.05) is 19.8 Å². The van der Waals surface area contributed by atoms with E-state index in [0.717, 1.165) is 64.2 Å². The molecule has 2 fully saturated rings. The van der Waals surface area contributed by atoms with Crippen molar-refractivity contribution in [3.05, 3.63) is 85.1 Å². The van der Waals surface area contributed by atoms with Gasteiger partial charge >= 0.3 is 0 Å². The lowest BCUT2D eigenvalue weighted by molar-refractivity contribution is -0.359. The Morgan fingerprint density at radius 2 is 0.875 bits per heavy atom. The fourth-order valence-corrected chi connectivity index (χ4v) is 9.98. The SMILES string of the molecule is CC/C=C\C/C=C\C/C=C\C/C=C\C/C=C\CCCCCCCCCCCCCCCCCC(=O)NC(COC1OC(CO)C(OC2OC(CO)C(O)C(O)C2O)C(O)C1O)C(O)/C=C/CC/C=C/CCCCCCCCCCC. The summed E-state index contributed by atoms with van der Waals surface area (Å²) in [7, 11) is 0. The van der Waals surface area contributed by atoms with Gasteiger partial charge in [-0.1, -0.05) is 234 Å². The third-order valence-corrected chi connectivity index (χ3v) is 15.1. The van der Waals surface area contributed by atoms with E-state index in [1.807, 2.05) is 6.08 Å². The number of hydrogen-bond donors (Lipinski definition) is 9. The molecule has 2 aliphatic heterocycles. The molecule has 14 nitrogen and oxygen atoms in total. The van der Waals surface area contributed by atoms with E-state index in [9.17, 15) is 45.6 Å². The van der Waals surface area contributed by atoms with Crippen LogP contribution in [0.4, 0.5) is 0 Å². The summed E-state index contributed by atoms with van der Waals surface area (Å²) in [5, 5.41) is 87.1. The second kappa shape index (κ2) is 50.7. The highest BCUT2D eigenvalue weighted by Gasteiger charge is 2.51. The van der Waals surface area contributed by atoms with Gasteiger partial charge in [0.15, 0.2) is 12.6 Å². The fraction of sp³-hybridized carbons (Fsp3) is 0.773. The van der Waals surface area contributed by atoms with Crippen LogP contribution < -0.4 is 5.32 Å². The molecule has 0 spiro atoms. The van der Waals surface area contributed by atoms with Gasteiger partial charge in [-0.2, -0.15) is 0 Å². The first-order chi connectivity index (χ1) is 39.1. The van der Waals surface area contributed by atoms with Crippen molar-refractivity contribution in [1.29, 1.82) is 0 Å². The number of carbonyl (C=O) groups excluding carboxylic acids is 1. The van der Waals surface area contributed by atoms with Gasteiger partial charge in [-0.3, -0.25) is 4.79 Å². The first-order valence-electron chi connectivity index (χ1n) is 31.8. The molecule has 0 aromatic heterocycles. The molecule has 2 saturated heterocycles. The molecule has 12 atom stereocenters. The molecule has 0 radical (unpaired) electrons. The van der Waals surface area contributed by atoms with E-state index < -0.39 is 86.8 Å². The molecule has 462 valence electrons. The second-order valence-electron chi connectivity index (χ2n) is 22.1. The first kappa shape index (κ1) is 73.3. The van der Waals surface area contributed by atoms with Crippen LogP contribution in [-0.2, 0) is 23.7 Å².